The number of carbonyl (C=O) groups is 3. The smallest absolute Gasteiger partial charge is 0.261 e. The normalized spacial score (nSPS) is 13.1. The predicted molar refractivity (Wildman–Crippen MR) is 103 cm³/mol. The standard InChI is InChI=1S/C20H17N3O4S/c1-12-16(28-18(22-12)15-7-4-10-27-15)11-21-17(24)8-9-23-19(25)13-5-2-3-6-14(13)20(23)26/h2-7,10H,8-9,11H2,1H3,(H,21,24). The van der Waals surface area contributed by atoms with E-state index >= 15 is 0 Å². The zero-order valence-electron chi connectivity index (χ0n) is 15.1. The number of aromatic nitrogens is 1. The molecule has 1 aromatic carbocycles. The van der Waals surface area contributed by atoms with Crippen molar-refractivity contribution in [1.29, 1.82) is 0 Å². The number of imide groups is 1. The summed E-state index contributed by atoms with van der Waals surface area (Å²) in [6.07, 6.45) is 1.64. The Balaban J connectivity index is 1.33. The quantitative estimate of drug-likeness (QED) is 0.648. The van der Waals surface area contributed by atoms with Crippen molar-refractivity contribution < 1.29 is 18.8 Å². The van der Waals surface area contributed by atoms with Gasteiger partial charge in [0, 0.05) is 17.8 Å². The second-order valence-electron chi connectivity index (χ2n) is 6.34. The number of amides is 3. The van der Waals surface area contributed by atoms with E-state index in [1.165, 1.54) is 11.3 Å². The van der Waals surface area contributed by atoms with Gasteiger partial charge < -0.3 is 9.73 Å². The van der Waals surface area contributed by atoms with Gasteiger partial charge in [0.15, 0.2) is 10.8 Å². The van der Waals surface area contributed by atoms with Crippen molar-refractivity contribution in [2.75, 3.05) is 6.54 Å². The van der Waals surface area contributed by atoms with Crippen molar-refractivity contribution >= 4 is 29.1 Å². The SMILES string of the molecule is Cc1nc(-c2ccco2)sc1CNC(=O)CCN1C(=O)c2ccccc2C1=O. The molecule has 0 saturated carbocycles. The monoisotopic (exact) mass is 395 g/mol. The molecule has 0 spiro atoms. The molecule has 3 amide bonds. The van der Waals surface area contributed by atoms with Crippen LogP contribution in [0, 0.1) is 6.92 Å². The largest absolute Gasteiger partial charge is 0.462 e. The summed E-state index contributed by atoms with van der Waals surface area (Å²) >= 11 is 1.46. The van der Waals surface area contributed by atoms with Gasteiger partial charge in [-0.2, -0.15) is 0 Å². The van der Waals surface area contributed by atoms with Crippen molar-refractivity contribution in [2.45, 2.75) is 19.9 Å². The first-order valence-electron chi connectivity index (χ1n) is 8.76. The van der Waals surface area contributed by atoms with Gasteiger partial charge in [0.2, 0.25) is 5.91 Å². The molecule has 3 heterocycles. The van der Waals surface area contributed by atoms with Gasteiger partial charge in [-0.25, -0.2) is 4.98 Å². The minimum Gasteiger partial charge on any atom is -0.462 e. The van der Waals surface area contributed by atoms with E-state index in [0.29, 0.717) is 23.4 Å². The molecule has 2 aromatic heterocycles. The van der Waals surface area contributed by atoms with Crippen LogP contribution in [-0.4, -0.2) is 34.2 Å². The summed E-state index contributed by atoms with van der Waals surface area (Å²) in [7, 11) is 0. The van der Waals surface area contributed by atoms with Gasteiger partial charge in [0.25, 0.3) is 11.8 Å². The highest BCUT2D eigenvalue weighted by Crippen LogP contribution is 2.28. The molecule has 142 valence electrons. The van der Waals surface area contributed by atoms with Gasteiger partial charge in [-0.05, 0) is 31.2 Å². The number of hydrogen-bond acceptors (Lipinski definition) is 6. The number of carbonyl (C=O) groups excluding carboxylic acids is 3. The summed E-state index contributed by atoms with van der Waals surface area (Å²) in [5.74, 6) is -0.246. The minimum absolute atomic E-state index is 0.0500. The summed E-state index contributed by atoms with van der Waals surface area (Å²) in [5, 5.41) is 3.59. The van der Waals surface area contributed by atoms with Crippen LogP contribution in [0.3, 0.4) is 0 Å². The number of nitrogens with one attached hydrogen (secondary N) is 1. The third-order valence-electron chi connectivity index (χ3n) is 4.51. The van der Waals surface area contributed by atoms with Crippen LogP contribution >= 0.6 is 11.3 Å². The lowest BCUT2D eigenvalue weighted by atomic mass is 10.1. The summed E-state index contributed by atoms with van der Waals surface area (Å²) in [4.78, 5) is 43.4. The van der Waals surface area contributed by atoms with E-state index < -0.39 is 0 Å². The maximum Gasteiger partial charge on any atom is 0.261 e. The van der Waals surface area contributed by atoms with Crippen molar-refractivity contribution in [3.63, 3.8) is 0 Å². The molecule has 0 radical (unpaired) electrons. The Bertz CT molecular complexity index is 1020. The van der Waals surface area contributed by atoms with Crippen LogP contribution in [0.2, 0.25) is 0 Å². The van der Waals surface area contributed by atoms with E-state index in [-0.39, 0.29) is 30.7 Å². The minimum atomic E-state index is -0.352. The zero-order valence-corrected chi connectivity index (χ0v) is 15.9. The third-order valence-corrected chi connectivity index (χ3v) is 5.68. The fourth-order valence-electron chi connectivity index (χ4n) is 3.02. The van der Waals surface area contributed by atoms with Crippen LogP contribution in [0.4, 0.5) is 0 Å². The first-order chi connectivity index (χ1) is 13.5. The van der Waals surface area contributed by atoms with Crippen LogP contribution < -0.4 is 5.32 Å². The second-order valence-corrected chi connectivity index (χ2v) is 7.42. The molecule has 1 aliphatic heterocycles. The second kappa shape index (κ2) is 7.40. The molecular weight excluding hydrogens is 378 g/mol. The molecule has 0 fully saturated rings. The summed E-state index contributed by atoms with van der Waals surface area (Å²) in [5.41, 5.74) is 1.61. The molecule has 7 nitrogen and oxygen atoms in total. The summed E-state index contributed by atoms with van der Waals surface area (Å²) in [6.45, 7) is 2.27. The fraction of sp³-hybridized carbons (Fsp3) is 0.200. The Morgan fingerprint density at radius 2 is 1.86 bits per heavy atom. The topological polar surface area (TPSA) is 92.5 Å². The molecule has 3 aromatic rings. The fourth-order valence-corrected chi connectivity index (χ4v) is 3.99. The Kier molecular flexibility index (Phi) is 4.79. The highest BCUT2D eigenvalue weighted by atomic mass is 32.1. The van der Waals surface area contributed by atoms with E-state index in [1.54, 1.807) is 36.6 Å². The van der Waals surface area contributed by atoms with E-state index in [2.05, 4.69) is 10.3 Å². The summed E-state index contributed by atoms with van der Waals surface area (Å²) < 4.78 is 5.35. The maximum atomic E-state index is 12.3. The molecular formula is C20H17N3O4S. The number of thiazole rings is 1. The third kappa shape index (κ3) is 3.34. The molecule has 0 bridgehead atoms. The molecule has 0 unspecified atom stereocenters. The van der Waals surface area contributed by atoms with Gasteiger partial charge in [0.1, 0.15) is 0 Å². The van der Waals surface area contributed by atoms with Gasteiger partial charge in [-0.1, -0.05) is 12.1 Å². The highest BCUT2D eigenvalue weighted by molar-refractivity contribution is 7.15. The Morgan fingerprint density at radius 3 is 2.50 bits per heavy atom. The summed E-state index contributed by atoms with van der Waals surface area (Å²) in [6, 6.07) is 10.3. The van der Waals surface area contributed by atoms with Gasteiger partial charge >= 0.3 is 0 Å². The van der Waals surface area contributed by atoms with Gasteiger partial charge in [-0.15, -0.1) is 11.3 Å². The van der Waals surface area contributed by atoms with Gasteiger partial charge in [0.05, 0.1) is 29.6 Å². The van der Waals surface area contributed by atoms with Crippen LogP contribution in [-0.2, 0) is 11.3 Å². The molecule has 0 aliphatic carbocycles. The predicted octanol–water partition coefficient (Wildman–Crippen LogP) is 3.01. The number of rotatable bonds is 6. The zero-order chi connectivity index (χ0) is 19.7. The number of aryl methyl sites for hydroxylation is 1. The Hall–Kier alpha value is -3.26. The van der Waals surface area contributed by atoms with Crippen LogP contribution in [0.1, 0.15) is 37.7 Å². The Labute approximate surface area is 165 Å². The number of fused-ring (bicyclic) bond motifs is 1. The van der Waals surface area contributed by atoms with Crippen molar-refractivity contribution in [1.82, 2.24) is 15.2 Å². The lowest BCUT2D eigenvalue weighted by molar-refractivity contribution is -0.121. The molecule has 8 heteroatoms. The molecule has 0 saturated heterocycles. The number of benzene rings is 1. The average Bonchev–Trinajstić information content (AvgIpc) is 3.40. The van der Waals surface area contributed by atoms with Crippen LogP contribution in [0.15, 0.2) is 47.1 Å². The first kappa shape index (κ1) is 18.1. The molecule has 0 atom stereocenters. The average molecular weight is 395 g/mol. The molecule has 28 heavy (non-hydrogen) atoms. The molecule has 1 N–H and O–H groups in total. The van der Waals surface area contributed by atoms with Crippen LogP contribution in [0.25, 0.3) is 10.8 Å². The highest BCUT2D eigenvalue weighted by Gasteiger charge is 2.34. The van der Waals surface area contributed by atoms with E-state index in [4.69, 9.17) is 4.42 Å². The van der Waals surface area contributed by atoms with E-state index in [9.17, 15) is 14.4 Å². The van der Waals surface area contributed by atoms with Crippen molar-refractivity contribution in [3.05, 3.63) is 64.4 Å². The van der Waals surface area contributed by atoms with Gasteiger partial charge in [-0.3, -0.25) is 19.3 Å². The molecule has 4 rings (SSSR count). The van der Waals surface area contributed by atoms with Crippen molar-refractivity contribution in [3.8, 4) is 10.8 Å². The lowest BCUT2D eigenvalue weighted by Crippen LogP contribution is -2.34. The maximum absolute atomic E-state index is 12.3. The van der Waals surface area contributed by atoms with E-state index in [0.717, 1.165) is 20.5 Å². The first-order valence-corrected chi connectivity index (χ1v) is 9.58. The number of furan rings is 1. The Morgan fingerprint density at radius 1 is 1.14 bits per heavy atom. The van der Waals surface area contributed by atoms with E-state index in [1.807, 2.05) is 13.0 Å². The molecule has 1 aliphatic rings. The lowest BCUT2D eigenvalue weighted by Gasteiger charge is -2.13. The number of hydrogen-bond donors (Lipinski definition) is 1. The van der Waals surface area contributed by atoms with Crippen molar-refractivity contribution in [2.24, 2.45) is 0 Å². The number of nitrogens with zero attached hydrogens (tertiary/aromatic N) is 2. The van der Waals surface area contributed by atoms with Crippen LogP contribution in [0.5, 0.6) is 0 Å².